The summed E-state index contributed by atoms with van der Waals surface area (Å²) in [4.78, 5) is 8.94. The van der Waals surface area contributed by atoms with Crippen molar-refractivity contribution in [3.05, 3.63) is 36.4 Å². The zero-order valence-electron chi connectivity index (χ0n) is 12.2. The Morgan fingerprint density at radius 1 is 1.19 bits per heavy atom. The van der Waals surface area contributed by atoms with E-state index in [1.807, 2.05) is 30.3 Å². The molecule has 0 saturated carbocycles. The van der Waals surface area contributed by atoms with Gasteiger partial charge in [0.25, 0.3) is 0 Å². The van der Waals surface area contributed by atoms with Crippen molar-refractivity contribution in [1.82, 2.24) is 9.97 Å². The highest BCUT2D eigenvalue weighted by Crippen LogP contribution is 2.20. The predicted octanol–water partition coefficient (Wildman–Crippen LogP) is 1.60. The maximum absolute atomic E-state index is 9.33. The van der Waals surface area contributed by atoms with Crippen LogP contribution < -0.4 is 10.6 Å². The molecule has 1 aromatic carbocycles. The first-order chi connectivity index (χ1) is 10.3. The van der Waals surface area contributed by atoms with E-state index in [-0.39, 0.29) is 12.6 Å². The second-order valence-electron chi connectivity index (χ2n) is 4.56. The van der Waals surface area contributed by atoms with E-state index >= 15 is 0 Å². The predicted molar refractivity (Wildman–Crippen MR) is 83.4 cm³/mol. The summed E-state index contributed by atoms with van der Waals surface area (Å²) in [7, 11) is 3.40. The number of ether oxygens (including phenoxy) is 1. The maximum atomic E-state index is 9.33. The average molecular weight is 288 g/mol. The largest absolute Gasteiger partial charge is 0.394 e. The van der Waals surface area contributed by atoms with E-state index in [1.165, 1.54) is 0 Å². The van der Waals surface area contributed by atoms with Gasteiger partial charge in [-0.05, 0) is 0 Å². The van der Waals surface area contributed by atoms with Crippen molar-refractivity contribution in [2.24, 2.45) is 0 Å². The number of benzene rings is 1. The fourth-order valence-electron chi connectivity index (χ4n) is 1.92. The van der Waals surface area contributed by atoms with E-state index < -0.39 is 0 Å². The molecule has 0 saturated heterocycles. The standard InChI is InChI=1S/C15H20N4O2/c1-16-13-8-14(17-12(9-20)10-21-2)19-15(18-13)11-6-4-3-5-7-11/h3-8,12,20H,9-10H2,1-2H3,(H2,16,17,18,19). The van der Waals surface area contributed by atoms with Crippen LogP contribution in [0.25, 0.3) is 11.4 Å². The highest BCUT2D eigenvalue weighted by atomic mass is 16.5. The molecule has 1 heterocycles. The van der Waals surface area contributed by atoms with Gasteiger partial charge in [-0.1, -0.05) is 30.3 Å². The van der Waals surface area contributed by atoms with Crippen LogP contribution in [0.1, 0.15) is 0 Å². The van der Waals surface area contributed by atoms with Crippen LogP contribution in [0.15, 0.2) is 36.4 Å². The molecule has 2 rings (SSSR count). The summed E-state index contributed by atoms with van der Waals surface area (Å²) >= 11 is 0. The van der Waals surface area contributed by atoms with Crippen LogP contribution in [-0.4, -0.2) is 48.5 Å². The molecule has 6 nitrogen and oxygen atoms in total. The summed E-state index contributed by atoms with van der Waals surface area (Å²) in [6, 6.07) is 11.3. The van der Waals surface area contributed by atoms with Crippen LogP contribution in [0, 0.1) is 0 Å². The summed E-state index contributed by atoms with van der Waals surface area (Å²) in [6.07, 6.45) is 0. The van der Waals surface area contributed by atoms with E-state index in [4.69, 9.17) is 4.74 Å². The lowest BCUT2D eigenvalue weighted by Gasteiger charge is -2.17. The first-order valence-corrected chi connectivity index (χ1v) is 6.75. The van der Waals surface area contributed by atoms with Crippen LogP contribution in [0.4, 0.5) is 11.6 Å². The first-order valence-electron chi connectivity index (χ1n) is 6.75. The Bertz CT molecular complexity index is 563. The molecule has 21 heavy (non-hydrogen) atoms. The molecule has 0 fully saturated rings. The van der Waals surface area contributed by atoms with E-state index in [0.29, 0.717) is 24.1 Å². The van der Waals surface area contributed by atoms with Crippen molar-refractivity contribution < 1.29 is 9.84 Å². The maximum Gasteiger partial charge on any atom is 0.163 e. The number of aromatic nitrogens is 2. The lowest BCUT2D eigenvalue weighted by atomic mass is 10.2. The molecule has 1 aromatic heterocycles. The Labute approximate surface area is 124 Å². The highest BCUT2D eigenvalue weighted by molar-refractivity contribution is 5.61. The van der Waals surface area contributed by atoms with Crippen molar-refractivity contribution in [2.45, 2.75) is 6.04 Å². The molecule has 2 aromatic rings. The van der Waals surface area contributed by atoms with Gasteiger partial charge in [0, 0.05) is 25.8 Å². The van der Waals surface area contributed by atoms with Crippen LogP contribution in [0.2, 0.25) is 0 Å². The van der Waals surface area contributed by atoms with Gasteiger partial charge >= 0.3 is 0 Å². The third kappa shape index (κ3) is 4.14. The van der Waals surface area contributed by atoms with Gasteiger partial charge in [0.1, 0.15) is 11.6 Å². The second kappa shape index (κ2) is 7.56. The Morgan fingerprint density at radius 3 is 2.52 bits per heavy atom. The molecule has 0 bridgehead atoms. The summed E-state index contributed by atoms with van der Waals surface area (Å²) in [5, 5.41) is 15.5. The summed E-state index contributed by atoms with van der Waals surface area (Å²) in [5.41, 5.74) is 0.935. The van der Waals surface area contributed by atoms with Gasteiger partial charge < -0.3 is 20.5 Å². The monoisotopic (exact) mass is 288 g/mol. The SMILES string of the molecule is CNc1cc(NC(CO)COC)nc(-c2ccccc2)n1. The molecule has 6 heteroatoms. The van der Waals surface area contributed by atoms with Gasteiger partial charge in [0.05, 0.1) is 19.3 Å². The number of hydrogen-bond donors (Lipinski definition) is 3. The third-order valence-corrected chi connectivity index (χ3v) is 2.95. The molecular formula is C15H20N4O2. The number of anilines is 2. The Hall–Kier alpha value is -2.18. The quantitative estimate of drug-likeness (QED) is 0.718. The highest BCUT2D eigenvalue weighted by Gasteiger charge is 2.11. The van der Waals surface area contributed by atoms with Gasteiger partial charge in [0.15, 0.2) is 5.82 Å². The minimum absolute atomic E-state index is 0.0343. The van der Waals surface area contributed by atoms with Crippen LogP contribution in [0.3, 0.4) is 0 Å². The lowest BCUT2D eigenvalue weighted by molar-refractivity contribution is 0.153. The number of hydrogen-bond acceptors (Lipinski definition) is 6. The molecule has 112 valence electrons. The Kier molecular flexibility index (Phi) is 5.48. The molecule has 0 radical (unpaired) electrons. The third-order valence-electron chi connectivity index (χ3n) is 2.95. The van der Waals surface area contributed by atoms with E-state index in [0.717, 1.165) is 5.56 Å². The van der Waals surface area contributed by atoms with Crippen molar-refractivity contribution >= 4 is 11.6 Å². The Balaban J connectivity index is 2.29. The van der Waals surface area contributed by atoms with Crippen LogP contribution in [-0.2, 0) is 4.74 Å². The second-order valence-corrected chi connectivity index (χ2v) is 4.56. The minimum atomic E-state index is -0.210. The summed E-state index contributed by atoms with van der Waals surface area (Å²) in [5.74, 6) is 1.98. The lowest BCUT2D eigenvalue weighted by Crippen LogP contribution is -2.29. The minimum Gasteiger partial charge on any atom is -0.394 e. The number of methoxy groups -OCH3 is 1. The average Bonchev–Trinajstić information content (AvgIpc) is 2.55. The van der Waals surface area contributed by atoms with Crippen molar-refractivity contribution in [1.29, 1.82) is 0 Å². The van der Waals surface area contributed by atoms with Crippen molar-refractivity contribution in [2.75, 3.05) is 38.0 Å². The number of aliphatic hydroxyl groups is 1. The van der Waals surface area contributed by atoms with Crippen molar-refractivity contribution in [3.8, 4) is 11.4 Å². The fourth-order valence-corrected chi connectivity index (χ4v) is 1.92. The number of nitrogens with zero attached hydrogens (tertiary/aromatic N) is 2. The molecule has 0 aliphatic rings. The topological polar surface area (TPSA) is 79.3 Å². The molecule has 0 aliphatic heterocycles. The van der Waals surface area contributed by atoms with Gasteiger partial charge in [-0.2, -0.15) is 0 Å². The van der Waals surface area contributed by atoms with Gasteiger partial charge in [-0.15, -0.1) is 0 Å². The zero-order valence-corrected chi connectivity index (χ0v) is 12.2. The van der Waals surface area contributed by atoms with Gasteiger partial charge in [-0.25, -0.2) is 9.97 Å². The van der Waals surface area contributed by atoms with Crippen LogP contribution in [0.5, 0.6) is 0 Å². The first kappa shape index (κ1) is 15.2. The van der Waals surface area contributed by atoms with E-state index in [9.17, 15) is 5.11 Å². The molecule has 0 spiro atoms. The van der Waals surface area contributed by atoms with E-state index in [2.05, 4.69) is 20.6 Å². The Morgan fingerprint density at radius 2 is 1.90 bits per heavy atom. The summed E-state index contributed by atoms with van der Waals surface area (Å²) in [6.45, 7) is 0.365. The van der Waals surface area contributed by atoms with Gasteiger partial charge in [0.2, 0.25) is 0 Å². The molecule has 1 atom stereocenters. The smallest absolute Gasteiger partial charge is 0.163 e. The van der Waals surface area contributed by atoms with Crippen molar-refractivity contribution in [3.63, 3.8) is 0 Å². The number of nitrogens with one attached hydrogen (secondary N) is 2. The van der Waals surface area contributed by atoms with Gasteiger partial charge in [-0.3, -0.25) is 0 Å². The number of rotatable bonds is 7. The number of aliphatic hydroxyl groups excluding tert-OH is 1. The molecular weight excluding hydrogens is 268 g/mol. The summed E-state index contributed by atoms with van der Waals surface area (Å²) < 4.78 is 5.06. The van der Waals surface area contributed by atoms with Crippen LogP contribution >= 0.6 is 0 Å². The molecule has 0 amide bonds. The zero-order chi connectivity index (χ0) is 15.1. The molecule has 1 unspecified atom stereocenters. The van der Waals surface area contributed by atoms with E-state index in [1.54, 1.807) is 20.2 Å². The fraction of sp³-hybridized carbons (Fsp3) is 0.333. The normalized spacial score (nSPS) is 12.0. The molecule has 0 aliphatic carbocycles. The molecule has 3 N–H and O–H groups in total.